The lowest BCUT2D eigenvalue weighted by Crippen LogP contribution is -2.48. The Morgan fingerprint density at radius 1 is 1.03 bits per heavy atom. The van der Waals surface area contributed by atoms with Gasteiger partial charge in [0.15, 0.2) is 0 Å². The van der Waals surface area contributed by atoms with Crippen LogP contribution in [-0.2, 0) is 29.2 Å². The third-order valence-electron chi connectivity index (χ3n) is 7.28. The average Bonchev–Trinajstić information content (AvgIpc) is 3.40. The molecular formula is C28H27N3O3. The van der Waals surface area contributed by atoms with Crippen LogP contribution in [0.1, 0.15) is 44.9 Å². The minimum atomic E-state index is -0.242. The lowest BCUT2D eigenvalue weighted by molar-refractivity contribution is -0.133. The minimum Gasteiger partial charge on any atom is -0.457 e. The molecule has 0 bridgehead atoms. The van der Waals surface area contributed by atoms with Gasteiger partial charge in [-0.05, 0) is 60.4 Å². The van der Waals surface area contributed by atoms with Gasteiger partial charge in [0.2, 0.25) is 5.91 Å². The number of anilines is 1. The van der Waals surface area contributed by atoms with Crippen LogP contribution in [0.4, 0.5) is 5.69 Å². The highest BCUT2D eigenvalue weighted by Crippen LogP contribution is 2.32. The zero-order chi connectivity index (χ0) is 23.4. The van der Waals surface area contributed by atoms with E-state index in [0.717, 1.165) is 46.9 Å². The van der Waals surface area contributed by atoms with Crippen LogP contribution in [0, 0.1) is 19.8 Å². The SMILES string of the molecule is Cc1cc(C)c2c(n1)CN(C(=O)CC1CN(c3ccc(-c4ccc5c(c4)C(=O)OC5)cc3)C1)C2. The Morgan fingerprint density at radius 2 is 1.79 bits per heavy atom. The molecule has 1 amide bonds. The van der Waals surface area contributed by atoms with Crippen molar-refractivity contribution >= 4 is 17.6 Å². The number of amides is 1. The molecule has 4 heterocycles. The van der Waals surface area contributed by atoms with Crippen LogP contribution in [0.25, 0.3) is 11.1 Å². The zero-order valence-corrected chi connectivity index (χ0v) is 19.5. The number of aromatic nitrogens is 1. The molecule has 172 valence electrons. The summed E-state index contributed by atoms with van der Waals surface area (Å²) in [6.07, 6.45) is 0.589. The van der Waals surface area contributed by atoms with Crippen molar-refractivity contribution < 1.29 is 14.3 Å². The van der Waals surface area contributed by atoms with E-state index in [0.29, 0.717) is 37.6 Å². The van der Waals surface area contributed by atoms with Crippen LogP contribution < -0.4 is 4.90 Å². The number of rotatable bonds is 4. The second kappa shape index (κ2) is 7.97. The maximum absolute atomic E-state index is 12.9. The summed E-state index contributed by atoms with van der Waals surface area (Å²) >= 11 is 0. The predicted octanol–water partition coefficient (Wildman–Crippen LogP) is 4.40. The number of cyclic esters (lactones) is 1. The van der Waals surface area contributed by atoms with Gasteiger partial charge in [0.1, 0.15) is 6.61 Å². The van der Waals surface area contributed by atoms with Gasteiger partial charge in [-0.3, -0.25) is 9.78 Å². The third-order valence-corrected chi connectivity index (χ3v) is 7.28. The van der Waals surface area contributed by atoms with Gasteiger partial charge in [0, 0.05) is 48.9 Å². The van der Waals surface area contributed by atoms with Gasteiger partial charge in [0.25, 0.3) is 0 Å². The first-order valence-corrected chi connectivity index (χ1v) is 11.8. The molecule has 0 saturated carbocycles. The van der Waals surface area contributed by atoms with E-state index in [-0.39, 0.29) is 11.9 Å². The maximum Gasteiger partial charge on any atom is 0.338 e. The van der Waals surface area contributed by atoms with Gasteiger partial charge >= 0.3 is 5.97 Å². The smallest absolute Gasteiger partial charge is 0.338 e. The quantitative estimate of drug-likeness (QED) is 0.548. The number of carbonyl (C=O) groups is 2. The first kappa shape index (κ1) is 20.9. The summed E-state index contributed by atoms with van der Waals surface area (Å²) < 4.78 is 5.11. The maximum atomic E-state index is 12.9. The number of aryl methyl sites for hydroxylation is 2. The van der Waals surface area contributed by atoms with Crippen molar-refractivity contribution in [3.05, 3.63) is 82.2 Å². The number of hydrogen-bond donors (Lipinski definition) is 0. The lowest BCUT2D eigenvalue weighted by Gasteiger charge is -2.41. The molecule has 6 nitrogen and oxygen atoms in total. The van der Waals surface area contributed by atoms with Gasteiger partial charge in [-0.15, -0.1) is 0 Å². The molecule has 1 fully saturated rings. The van der Waals surface area contributed by atoms with Crippen LogP contribution in [0.2, 0.25) is 0 Å². The van der Waals surface area contributed by atoms with Crippen LogP contribution in [-0.4, -0.2) is 34.8 Å². The second-order valence-electron chi connectivity index (χ2n) is 9.73. The molecule has 6 rings (SSSR count). The molecule has 0 unspecified atom stereocenters. The van der Waals surface area contributed by atoms with E-state index in [1.54, 1.807) is 0 Å². The Hall–Kier alpha value is -3.67. The fraction of sp³-hybridized carbons (Fsp3) is 0.321. The average molecular weight is 454 g/mol. The Kier molecular flexibility index (Phi) is 4.90. The molecule has 34 heavy (non-hydrogen) atoms. The number of nitrogens with zero attached hydrogens (tertiary/aromatic N) is 3. The summed E-state index contributed by atoms with van der Waals surface area (Å²) in [5.41, 5.74) is 9.40. The highest BCUT2D eigenvalue weighted by Gasteiger charge is 2.33. The molecule has 1 aromatic heterocycles. The summed E-state index contributed by atoms with van der Waals surface area (Å²) in [6, 6.07) is 16.4. The van der Waals surface area contributed by atoms with Crippen molar-refractivity contribution in [3.63, 3.8) is 0 Å². The molecule has 1 saturated heterocycles. The van der Waals surface area contributed by atoms with E-state index in [9.17, 15) is 9.59 Å². The van der Waals surface area contributed by atoms with Crippen LogP contribution in [0.3, 0.4) is 0 Å². The minimum absolute atomic E-state index is 0.227. The third kappa shape index (κ3) is 3.63. The second-order valence-corrected chi connectivity index (χ2v) is 9.73. The molecule has 0 atom stereocenters. The summed E-state index contributed by atoms with van der Waals surface area (Å²) in [5.74, 6) is 0.369. The number of pyridine rings is 1. The van der Waals surface area contributed by atoms with E-state index < -0.39 is 0 Å². The Labute approximate surface area is 199 Å². The first-order chi connectivity index (χ1) is 16.4. The van der Waals surface area contributed by atoms with Gasteiger partial charge in [-0.2, -0.15) is 0 Å². The fourth-order valence-corrected chi connectivity index (χ4v) is 5.33. The van der Waals surface area contributed by atoms with Gasteiger partial charge in [-0.25, -0.2) is 4.79 Å². The van der Waals surface area contributed by atoms with Gasteiger partial charge in [0.05, 0.1) is 17.8 Å². The number of ether oxygens (including phenoxy) is 1. The number of carbonyl (C=O) groups excluding carboxylic acids is 2. The van der Waals surface area contributed by atoms with E-state index in [4.69, 9.17) is 4.74 Å². The van der Waals surface area contributed by atoms with Crippen LogP contribution in [0.15, 0.2) is 48.5 Å². The molecule has 3 aromatic rings. The molecule has 3 aliphatic rings. The van der Waals surface area contributed by atoms with Crippen molar-refractivity contribution in [1.82, 2.24) is 9.88 Å². The normalized spacial score (nSPS) is 16.8. The molecule has 2 aromatic carbocycles. The summed E-state index contributed by atoms with van der Waals surface area (Å²) in [4.78, 5) is 33.7. The Bertz CT molecular complexity index is 1310. The standard InChI is InChI=1S/C28H27N3O3/c1-17-9-18(2)29-26-15-31(14-25(17)26)27(32)10-19-12-30(13-19)23-7-5-20(6-8-23)21-3-4-22-16-34-28(33)24(22)11-21/h3-9,11,19H,10,12-16H2,1-2H3. The van der Waals surface area contributed by atoms with Crippen molar-refractivity contribution in [2.24, 2.45) is 5.92 Å². The Balaban J connectivity index is 1.05. The van der Waals surface area contributed by atoms with Crippen LogP contribution >= 0.6 is 0 Å². The van der Waals surface area contributed by atoms with Gasteiger partial charge in [-0.1, -0.05) is 24.3 Å². The molecule has 0 radical (unpaired) electrons. The van der Waals surface area contributed by atoms with Crippen molar-refractivity contribution in [3.8, 4) is 11.1 Å². The van der Waals surface area contributed by atoms with E-state index in [2.05, 4.69) is 47.1 Å². The predicted molar refractivity (Wildman–Crippen MR) is 129 cm³/mol. The van der Waals surface area contributed by atoms with Crippen molar-refractivity contribution in [2.75, 3.05) is 18.0 Å². The monoisotopic (exact) mass is 453 g/mol. The van der Waals surface area contributed by atoms with E-state index in [1.807, 2.05) is 30.0 Å². The topological polar surface area (TPSA) is 62.7 Å². The zero-order valence-electron chi connectivity index (χ0n) is 19.5. The van der Waals surface area contributed by atoms with Gasteiger partial charge < -0.3 is 14.5 Å². The largest absolute Gasteiger partial charge is 0.457 e. The summed E-state index contributed by atoms with van der Waals surface area (Å²) in [7, 11) is 0. The first-order valence-electron chi connectivity index (χ1n) is 11.8. The fourth-order valence-electron chi connectivity index (χ4n) is 5.33. The summed E-state index contributed by atoms with van der Waals surface area (Å²) in [5, 5.41) is 0. The molecule has 0 spiro atoms. The highest BCUT2D eigenvalue weighted by molar-refractivity contribution is 5.94. The number of benzene rings is 2. The van der Waals surface area contributed by atoms with Crippen molar-refractivity contribution in [1.29, 1.82) is 0 Å². The molecule has 3 aliphatic heterocycles. The highest BCUT2D eigenvalue weighted by atomic mass is 16.5. The van der Waals surface area contributed by atoms with Crippen LogP contribution in [0.5, 0.6) is 0 Å². The number of hydrogen-bond acceptors (Lipinski definition) is 5. The number of esters is 1. The molecule has 0 N–H and O–H groups in total. The molecule has 0 aliphatic carbocycles. The number of fused-ring (bicyclic) bond motifs is 2. The van der Waals surface area contributed by atoms with E-state index >= 15 is 0 Å². The summed E-state index contributed by atoms with van der Waals surface area (Å²) in [6.45, 7) is 7.59. The Morgan fingerprint density at radius 3 is 2.59 bits per heavy atom. The lowest BCUT2D eigenvalue weighted by atomic mass is 9.94. The molecule has 6 heteroatoms. The van der Waals surface area contributed by atoms with Crippen molar-refractivity contribution in [2.45, 2.75) is 40.0 Å². The van der Waals surface area contributed by atoms with E-state index in [1.165, 1.54) is 11.1 Å². The molecular weight excluding hydrogens is 426 g/mol.